The van der Waals surface area contributed by atoms with E-state index < -0.39 is 66.2 Å². The third kappa shape index (κ3) is 2.95. The highest BCUT2D eigenvalue weighted by molar-refractivity contribution is 7.46. The maximum Gasteiger partial charge on any atom is 0.470 e. The number of aliphatic hydroxyl groups excluding tert-OH is 1. The van der Waals surface area contributed by atoms with E-state index in [4.69, 9.17) is 9.79 Å². The van der Waals surface area contributed by atoms with Gasteiger partial charge in [-0.2, -0.15) is 0 Å². The van der Waals surface area contributed by atoms with Gasteiger partial charge in [-0.1, -0.05) is 25.5 Å². The minimum absolute atomic E-state index is 0.211. The van der Waals surface area contributed by atoms with Gasteiger partial charge in [0.2, 0.25) is 0 Å². The molecule has 4 rings (SSSR count). The highest BCUT2D eigenvalue weighted by Crippen LogP contribution is 2.70. The number of phosphoric ester groups is 1. The summed E-state index contributed by atoms with van der Waals surface area (Å²) in [5, 5.41) is 22.8. The van der Waals surface area contributed by atoms with Crippen LogP contribution in [0.1, 0.15) is 46.5 Å². The Balaban J connectivity index is 1.74. The largest absolute Gasteiger partial charge is 0.470 e. The molecule has 32 heavy (non-hydrogen) atoms. The van der Waals surface area contributed by atoms with Crippen molar-refractivity contribution in [2.75, 3.05) is 6.61 Å². The summed E-state index contributed by atoms with van der Waals surface area (Å²) in [6.45, 7) is 4.00. The SMILES string of the molecule is CC1CC2[C@@H]3CCC4=CC(=O)C=C[C@]4(C)[C@@]3(F)C(O)C[C@]2(C)[C@@]1(O)C(=O)COP(=O)(O)O. The minimum Gasteiger partial charge on any atom is -0.390 e. The van der Waals surface area contributed by atoms with Crippen LogP contribution in [-0.2, 0) is 18.7 Å². The number of phosphoric acid groups is 1. The number of fused-ring (bicyclic) bond motifs is 5. The van der Waals surface area contributed by atoms with Gasteiger partial charge in [-0.3, -0.25) is 14.1 Å². The van der Waals surface area contributed by atoms with Crippen molar-refractivity contribution >= 4 is 19.4 Å². The maximum atomic E-state index is 17.0. The summed E-state index contributed by atoms with van der Waals surface area (Å²) in [7, 11) is -4.93. The van der Waals surface area contributed by atoms with E-state index in [1.807, 2.05) is 0 Å². The molecule has 0 aromatic carbocycles. The molecule has 0 radical (unpaired) electrons. The van der Waals surface area contributed by atoms with Gasteiger partial charge in [0, 0.05) is 16.7 Å². The number of aliphatic hydroxyl groups is 2. The Bertz CT molecular complexity index is 973. The predicted molar refractivity (Wildman–Crippen MR) is 111 cm³/mol. The van der Waals surface area contributed by atoms with Crippen LogP contribution in [0.15, 0.2) is 23.8 Å². The second-order valence-corrected chi connectivity index (χ2v) is 11.6. The standard InChI is InChI=1S/C22H30FO8P/c1-12-8-16-15-5-4-13-9-14(24)6-7-19(13,2)21(15,23)17(25)10-20(16,3)22(12,27)18(26)11-31-32(28,29)30/h6-7,9,12,15-17,25,27H,4-5,8,10-11H2,1-3H3,(H2,28,29,30)/t12?,15-,16?,17?,19-,20-,21-,22-/m0/s1. The van der Waals surface area contributed by atoms with Crippen molar-refractivity contribution in [1.82, 2.24) is 0 Å². The average molecular weight is 472 g/mol. The summed E-state index contributed by atoms with van der Waals surface area (Å²) in [5.41, 5.74) is -5.88. The van der Waals surface area contributed by atoms with Crippen molar-refractivity contribution < 1.29 is 43.1 Å². The van der Waals surface area contributed by atoms with Crippen LogP contribution in [0, 0.1) is 28.6 Å². The highest BCUT2D eigenvalue weighted by atomic mass is 31.2. The lowest BCUT2D eigenvalue weighted by Gasteiger charge is -2.62. The molecule has 0 bridgehead atoms. The minimum atomic E-state index is -4.93. The molecule has 3 saturated carbocycles. The normalized spacial score (nSPS) is 48.0. The summed E-state index contributed by atoms with van der Waals surface area (Å²) < 4.78 is 32.5. The predicted octanol–water partition coefficient (Wildman–Crippen LogP) is 2.01. The Kier molecular flexibility index (Phi) is 5.34. The van der Waals surface area contributed by atoms with Crippen LogP contribution in [0.4, 0.5) is 4.39 Å². The summed E-state index contributed by atoms with van der Waals surface area (Å²) in [6.07, 6.45) is 3.70. The molecule has 178 valence electrons. The number of carbonyl (C=O) groups is 2. The Morgan fingerprint density at radius 3 is 2.59 bits per heavy atom. The molecule has 0 aliphatic heterocycles. The van der Waals surface area contributed by atoms with E-state index in [2.05, 4.69) is 4.52 Å². The summed E-state index contributed by atoms with van der Waals surface area (Å²) in [6, 6.07) is 0. The lowest BCUT2D eigenvalue weighted by atomic mass is 9.44. The van der Waals surface area contributed by atoms with E-state index in [1.54, 1.807) is 20.8 Å². The van der Waals surface area contributed by atoms with Gasteiger partial charge < -0.3 is 20.0 Å². The number of rotatable bonds is 4. The number of carbonyl (C=O) groups excluding carboxylic acids is 2. The molecule has 4 aliphatic rings. The van der Waals surface area contributed by atoms with Gasteiger partial charge >= 0.3 is 7.82 Å². The van der Waals surface area contributed by atoms with Crippen molar-refractivity contribution in [2.45, 2.75) is 63.8 Å². The molecular formula is C22H30FO8P. The molecule has 0 amide bonds. The van der Waals surface area contributed by atoms with Gasteiger partial charge in [-0.25, -0.2) is 8.96 Å². The number of Topliss-reactive ketones (excluding diaryl/α,β-unsaturated/α-hetero) is 1. The number of alkyl halides is 1. The molecule has 0 aromatic heterocycles. The van der Waals surface area contributed by atoms with Crippen molar-refractivity contribution in [3.63, 3.8) is 0 Å². The van der Waals surface area contributed by atoms with E-state index in [0.29, 0.717) is 24.8 Å². The monoisotopic (exact) mass is 472 g/mol. The number of halogens is 1. The molecule has 0 aromatic rings. The van der Waals surface area contributed by atoms with Crippen LogP contribution >= 0.6 is 7.82 Å². The van der Waals surface area contributed by atoms with Crippen LogP contribution < -0.4 is 0 Å². The molecule has 10 heteroatoms. The first-order valence-corrected chi connectivity index (χ1v) is 12.4. The fourth-order valence-corrected chi connectivity index (χ4v) is 7.68. The third-order valence-corrected chi connectivity index (χ3v) is 9.48. The fourth-order valence-electron chi connectivity index (χ4n) is 7.39. The number of ketones is 2. The third-order valence-electron chi connectivity index (χ3n) is 9.01. The van der Waals surface area contributed by atoms with Gasteiger partial charge in [0.05, 0.1) is 6.10 Å². The molecule has 8 atom stereocenters. The average Bonchev–Trinajstić information content (AvgIpc) is 2.89. The first-order valence-electron chi connectivity index (χ1n) is 10.9. The molecule has 4 aliphatic carbocycles. The van der Waals surface area contributed by atoms with Crippen molar-refractivity contribution in [2.24, 2.45) is 28.6 Å². The molecular weight excluding hydrogens is 442 g/mol. The van der Waals surface area contributed by atoms with Gasteiger partial charge in [-0.05, 0) is 56.6 Å². The molecule has 8 nitrogen and oxygen atoms in total. The number of hydrogen-bond donors (Lipinski definition) is 4. The van der Waals surface area contributed by atoms with Gasteiger partial charge in [-0.15, -0.1) is 0 Å². The van der Waals surface area contributed by atoms with Gasteiger partial charge in [0.1, 0.15) is 12.2 Å². The Labute approximate surface area is 185 Å². The number of hydrogen-bond acceptors (Lipinski definition) is 6. The van der Waals surface area contributed by atoms with Crippen LogP contribution in [0.2, 0.25) is 0 Å². The second kappa shape index (κ2) is 7.14. The molecule has 0 spiro atoms. The first-order chi connectivity index (χ1) is 14.6. The molecule has 0 saturated heterocycles. The molecule has 3 unspecified atom stereocenters. The first kappa shape index (κ1) is 23.9. The van der Waals surface area contributed by atoms with Gasteiger partial charge in [0.15, 0.2) is 17.2 Å². The summed E-state index contributed by atoms with van der Waals surface area (Å²) in [5.74, 6) is -2.87. The van der Waals surface area contributed by atoms with Crippen molar-refractivity contribution in [3.8, 4) is 0 Å². The topological polar surface area (TPSA) is 141 Å². The van der Waals surface area contributed by atoms with Gasteiger partial charge in [0.25, 0.3) is 0 Å². The van der Waals surface area contributed by atoms with Crippen LogP contribution in [0.25, 0.3) is 0 Å². The maximum absolute atomic E-state index is 17.0. The zero-order chi connectivity index (χ0) is 23.9. The Morgan fingerprint density at radius 2 is 1.97 bits per heavy atom. The Morgan fingerprint density at radius 1 is 1.31 bits per heavy atom. The molecule has 0 heterocycles. The van der Waals surface area contributed by atoms with E-state index in [1.165, 1.54) is 18.2 Å². The molecule has 3 fully saturated rings. The van der Waals surface area contributed by atoms with E-state index in [-0.39, 0.29) is 12.2 Å². The highest BCUT2D eigenvalue weighted by Gasteiger charge is 2.75. The van der Waals surface area contributed by atoms with Crippen molar-refractivity contribution in [3.05, 3.63) is 23.8 Å². The lowest BCUT2D eigenvalue weighted by Crippen LogP contribution is -2.69. The van der Waals surface area contributed by atoms with E-state index in [9.17, 15) is 24.4 Å². The van der Waals surface area contributed by atoms with Crippen LogP contribution in [-0.4, -0.2) is 55.5 Å². The fraction of sp³-hybridized carbons (Fsp3) is 0.727. The number of allylic oxidation sites excluding steroid dienone is 4. The lowest BCUT2D eigenvalue weighted by molar-refractivity contribution is -0.219. The Hall–Kier alpha value is -1.22. The summed E-state index contributed by atoms with van der Waals surface area (Å²) >= 11 is 0. The quantitative estimate of drug-likeness (QED) is 0.456. The van der Waals surface area contributed by atoms with E-state index in [0.717, 1.165) is 0 Å². The zero-order valence-corrected chi connectivity index (χ0v) is 19.2. The summed E-state index contributed by atoms with van der Waals surface area (Å²) in [4.78, 5) is 42.8. The zero-order valence-electron chi connectivity index (χ0n) is 18.3. The van der Waals surface area contributed by atoms with Crippen LogP contribution in [0.3, 0.4) is 0 Å². The van der Waals surface area contributed by atoms with Crippen LogP contribution in [0.5, 0.6) is 0 Å². The second-order valence-electron chi connectivity index (χ2n) is 10.4. The van der Waals surface area contributed by atoms with Crippen molar-refractivity contribution in [1.29, 1.82) is 0 Å². The van der Waals surface area contributed by atoms with E-state index >= 15 is 4.39 Å². The smallest absolute Gasteiger partial charge is 0.390 e. The molecule has 4 N–H and O–H groups in total.